The summed E-state index contributed by atoms with van der Waals surface area (Å²) in [4.78, 5) is 15.9. The lowest BCUT2D eigenvalue weighted by Crippen LogP contribution is -2.35. The summed E-state index contributed by atoms with van der Waals surface area (Å²) in [5.41, 5.74) is 3.07. The van der Waals surface area contributed by atoms with Crippen molar-refractivity contribution in [1.82, 2.24) is 14.7 Å². The molecule has 1 aromatic heterocycles. The maximum Gasteiger partial charge on any atom is 0.253 e. The molecule has 4 nitrogen and oxygen atoms in total. The van der Waals surface area contributed by atoms with E-state index in [0.29, 0.717) is 5.92 Å². The predicted molar refractivity (Wildman–Crippen MR) is 123 cm³/mol. The minimum absolute atomic E-state index is 0.156. The molecule has 3 aromatic rings. The fourth-order valence-corrected chi connectivity index (χ4v) is 4.76. The number of aromatic nitrogens is 2. The van der Waals surface area contributed by atoms with Gasteiger partial charge in [-0.25, -0.2) is 0 Å². The van der Waals surface area contributed by atoms with Gasteiger partial charge in [0.25, 0.3) is 5.91 Å². The molecule has 0 unspecified atom stereocenters. The van der Waals surface area contributed by atoms with Crippen molar-refractivity contribution < 1.29 is 4.79 Å². The fourth-order valence-electron chi connectivity index (χ4n) is 3.83. The van der Waals surface area contributed by atoms with Gasteiger partial charge in [-0.1, -0.05) is 49.9 Å². The highest BCUT2D eigenvalue weighted by Crippen LogP contribution is 2.31. The van der Waals surface area contributed by atoms with Crippen LogP contribution in [0, 0.1) is 5.92 Å². The number of nitrogens with zero attached hydrogens (tertiary/aromatic N) is 3. The van der Waals surface area contributed by atoms with E-state index in [9.17, 15) is 4.79 Å². The first-order chi connectivity index (χ1) is 14.6. The molecule has 30 heavy (non-hydrogen) atoms. The van der Waals surface area contributed by atoms with Crippen molar-refractivity contribution in [3.05, 3.63) is 66.4 Å². The number of carbonyl (C=O) groups excluding carboxylic acids is 1. The third-order valence-corrected chi connectivity index (χ3v) is 6.43. The van der Waals surface area contributed by atoms with Crippen molar-refractivity contribution in [3.63, 3.8) is 0 Å². The largest absolute Gasteiger partial charge is 0.339 e. The molecule has 1 saturated heterocycles. The number of carbonyl (C=O) groups is 1. The van der Waals surface area contributed by atoms with Crippen LogP contribution in [0.2, 0.25) is 0 Å². The van der Waals surface area contributed by atoms with E-state index in [1.165, 1.54) is 11.3 Å². The summed E-state index contributed by atoms with van der Waals surface area (Å²) in [5, 5.41) is 5.61. The van der Waals surface area contributed by atoms with E-state index in [2.05, 4.69) is 66.1 Å². The van der Waals surface area contributed by atoms with Crippen LogP contribution in [0.15, 0.2) is 70.7 Å². The highest BCUT2D eigenvalue weighted by molar-refractivity contribution is 7.99. The Hall–Kier alpha value is -2.53. The summed E-state index contributed by atoms with van der Waals surface area (Å²) >= 11 is 1.74. The minimum Gasteiger partial charge on any atom is -0.339 e. The van der Waals surface area contributed by atoms with E-state index in [4.69, 9.17) is 0 Å². The van der Waals surface area contributed by atoms with Gasteiger partial charge in [-0.3, -0.25) is 9.48 Å². The molecular formula is C25H29N3OS. The number of likely N-dealkylation sites (tertiary alicyclic amines) is 1. The molecule has 0 N–H and O–H groups in total. The van der Waals surface area contributed by atoms with Crippen LogP contribution in [0.3, 0.4) is 0 Å². The Morgan fingerprint density at radius 1 is 1.00 bits per heavy atom. The van der Waals surface area contributed by atoms with E-state index >= 15 is 0 Å². The SMILES string of the molecule is CC(C)Cn1nccc1Sc1cccc(-c2ccc(C(=O)N3CCCCC3)cc2)c1. The van der Waals surface area contributed by atoms with E-state index in [1.807, 2.05) is 23.2 Å². The highest BCUT2D eigenvalue weighted by Gasteiger charge is 2.18. The summed E-state index contributed by atoms with van der Waals surface area (Å²) < 4.78 is 2.07. The zero-order valence-electron chi connectivity index (χ0n) is 17.8. The average Bonchev–Trinajstić information content (AvgIpc) is 3.20. The fraction of sp³-hybridized carbons (Fsp3) is 0.360. The summed E-state index contributed by atoms with van der Waals surface area (Å²) in [6, 6.07) is 18.7. The first kappa shape index (κ1) is 20.7. The molecule has 1 aliphatic rings. The van der Waals surface area contributed by atoms with Crippen molar-refractivity contribution >= 4 is 17.7 Å². The molecule has 0 aliphatic carbocycles. The number of rotatable bonds is 6. The number of benzene rings is 2. The van der Waals surface area contributed by atoms with Gasteiger partial charge in [-0.15, -0.1) is 0 Å². The Labute approximate surface area is 183 Å². The van der Waals surface area contributed by atoms with E-state index in [0.717, 1.165) is 54.2 Å². The molecule has 0 atom stereocenters. The first-order valence-electron chi connectivity index (χ1n) is 10.8. The van der Waals surface area contributed by atoms with E-state index in [1.54, 1.807) is 11.8 Å². The Kier molecular flexibility index (Phi) is 6.58. The summed E-state index contributed by atoms with van der Waals surface area (Å²) in [5.74, 6) is 0.714. The number of piperidine rings is 1. The second kappa shape index (κ2) is 9.52. The molecule has 0 saturated carbocycles. The van der Waals surface area contributed by atoms with Gasteiger partial charge >= 0.3 is 0 Å². The average molecular weight is 420 g/mol. The summed E-state index contributed by atoms with van der Waals surface area (Å²) in [6.07, 6.45) is 5.33. The van der Waals surface area contributed by atoms with Gasteiger partial charge in [0, 0.05) is 30.1 Å². The monoisotopic (exact) mass is 419 g/mol. The molecule has 5 heteroatoms. The molecule has 2 aromatic carbocycles. The molecule has 156 valence electrons. The van der Waals surface area contributed by atoms with Crippen LogP contribution in [0.5, 0.6) is 0 Å². The number of amides is 1. The van der Waals surface area contributed by atoms with Gasteiger partial charge in [0.1, 0.15) is 0 Å². The van der Waals surface area contributed by atoms with Crippen LogP contribution < -0.4 is 0 Å². The van der Waals surface area contributed by atoms with Gasteiger partial charge in [-0.2, -0.15) is 5.10 Å². The molecule has 0 spiro atoms. The van der Waals surface area contributed by atoms with Crippen LogP contribution in [0.1, 0.15) is 43.5 Å². The minimum atomic E-state index is 0.156. The maximum atomic E-state index is 12.7. The zero-order valence-corrected chi connectivity index (χ0v) is 18.6. The van der Waals surface area contributed by atoms with Crippen LogP contribution in [-0.4, -0.2) is 33.7 Å². The Balaban J connectivity index is 1.48. The van der Waals surface area contributed by atoms with Crippen molar-refractivity contribution in [3.8, 4) is 11.1 Å². The summed E-state index contributed by atoms with van der Waals surface area (Å²) in [6.45, 7) is 7.09. The lowest BCUT2D eigenvalue weighted by atomic mass is 10.0. The third kappa shape index (κ3) is 4.96. The lowest BCUT2D eigenvalue weighted by Gasteiger charge is -2.26. The van der Waals surface area contributed by atoms with E-state index < -0.39 is 0 Å². The second-order valence-electron chi connectivity index (χ2n) is 8.31. The topological polar surface area (TPSA) is 38.1 Å². The van der Waals surface area contributed by atoms with Crippen LogP contribution >= 0.6 is 11.8 Å². The maximum absolute atomic E-state index is 12.7. The van der Waals surface area contributed by atoms with E-state index in [-0.39, 0.29) is 5.91 Å². The van der Waals surface area contributed by atoms with Crippen molar-refractivity contribution in [2.24, 2.45) is 5.92 Å². The quantitative estimate of drug-likeness (QED) is 0.493. The molecule has 1 amide bonds. The molecule has 0 radical (unpaired) electrons. The van der Waals surface area contributed by atoms with Crippen molar-refractivity contribution in [1.29, 1.82) is 0 Å². The van der Waals surface area contributed by atoms with Gasteiger partial charge in [0.2, 0.25) is 0 Å². The Morgan fingerprint density at radius 3 is 2.50 bits per heavy atom. The standard InChI is InChI=1S/C25H29N3OS/c1-19(2)18-28-24(13-14-26-28)30-23-8-6-7-22(17-23)20-9-11-21(12-10-20)25(29)27-15-4-3-5-16-27/h6-14,17,19H,3-5,15-16,18H2,1-2H3. The number of hydrogen-bond donors (Lipinski definition) is 0. The first-order valence-corrected chi connectivity index (χ1v) is 11.6. The highest BCUT2D eigenvalue weighted by atomic mass is 32.2. The van der Waals surface area contributed by atoms with Gasteiger partial charge in [-0.05, 0) is 66.6 Å². The van der Waals surface area contributed by atoms with Gasteiger partial charge in [0.05, 0.1) is 11.2 Å². The molecule has 4 rings (SSSR count). The second-order valence-corrected chi connectivity index (χ2v) is 9.40. The lowest BCUT2D eigenvalue weighted by molar-refractivity contribution is 0.0724. The number of hydrogen-bond acceptors (Lipinski definition) is 3. The zero-order chi connectivity index (χ0) is 20.9. The van der Waals surface area contributed by atoms with Crippen LogP contribution in [0.25, 0.3) is 11.1 Å². The van der Waals surface area contributed by atoms with Crippen LogP contribution in [-0.2, 0) is 6.54 Å². The molecule has 2 heterocycles. The molecule has 1 fully saturated rings. The predicted octanol–water partition coefficient (Wildman–Crippen LogP) is 5.98. The normalized spacial score (nSPS) is 14.3. The molecule has 1 aliphatic heterocycles. The summed E-state index contributed by atoms with van der Waals surface area (Å²) in [7, 11) is 0. The van der Waals surface area contributed by atoms with Gasteiger partial charge in [0.15, 0.2) is 0 Å². The van der Waals surface area contributed by atoms with Crippen molar-refractivity contribution in [2.75, 3.05) is 13.1 Å². The smallest absolute Gasteiger partial charge is 0.253 e. The third-order valence-electron chi connectivity index (χ3n) is 5.38. The molecule has 0 bridgehead atoms. The Morgan fingerprint density at radius 2 is 1.77 bits per heavy atom. The van der Waals surface area contributed by atoms with Crippen LogP contribution in [0.4, 0.5) is 0 Å². The van der Waals surface area contributed by atoms with Gasteiger partial charge < -0.3 is 4.90 Å². The Bertz CT molecular complexity index is 988. The molecular weight excluding hydrogens is 390 g/mol. The van der Waals surface area contributed by atoms with Crippen molar-refractivity contribution in [2.45, 2.75) is 49.6 Å².